The smallest absolute Gasteiger partial charge is 0.404 e. The van der Waals surface area contributed by atoms with E-state index in [1.54, 1.807) is 6.07 Å². The molecule has 1 rings (SSSR count). The molecule has 2 atom stereocenters. The SMILES string of the molecule is CC(C)(C)C(C[C@H](O)c1ccno1)NC(=O)O. The Morgan fingerprint density at radius 1 is 1.59 bits per heavy atom. The summed E-state index contributed by atoms with van der Waals surface area (Å²) in [5.41, 5.74) is -0.292. The summed E-state index contributed by atoms with van der Waals surface area (Å²) in [4.78, 5) is 10.7. The van der Waals surface area contributed by atoms with Gasteiger partial charge in [-0.15, -0.1) is 0 Å². The summed E-state index contributed by atoms with van der Waals surface area (Å²) in [5.74, 6) is 0.339. The van der Waals surface area contributed by atoms with E-state index in [4.69, 9.17) is 9.63 Å². The van der Waals surface area contributed by atoms with Gasteiger partial charge in [-0.3, -0.25) is 0 Å². The molecule has 0 fully saturated rings. The van der Waals surface area contributed by atoms with Gasteiger partial charge < -0.3 is 20.1 Å². The number of hydrogen-bond donors (Lipinski definition) is 3. The third kappa shape index (κ3) is 4.07. The number of aromatic nitrogens is 1. The van der Waals surface area contributed by atoms with E-state index < -0.39 is 12.2 Å². The first kappa shape index (κ1) is 13.5. The summed E-state index contributed by atoms with van der Waals surface area (Å²) in [6.45, 7) is 5.71. The van der Waals surface area contributed by atoms with Crippen LogP contribution in [-0.2, 0) is 0 Å². The third-order valence-electron chi connectivity index (χ3n) is 2.59. The van der Waals surface area contributed by atoms with E-state index in [1.165, 1.54) is 6.20 Å². The predicted octanol–water partition coefficient (Wildman–Crippen LogP) is 1.78. The first-order chi connectivity index (χ1) is 7.80. The molecule has 0 aromatic carbocycles. The maximum absolute atomic E-state index is 10.7. The summed E-state index contributed by atoms with van der Waals surface area (Å²) in [6.07, 6.45) is -0.288. The number of aliphatic hydroxyl groups excluding tert-OH is 1. The van der Waals surface area contributed by atoms with E-state index in [9.17, 15) is 9.90 Å². The quantitative estimate of drug-likeness (QED) is 0.748. The molecule has 3 N–H and O–H groups in total. The van der Waals surface area contributed by atoms with Crippen LogP contribution in [0.15, 0.2) is 16.8 Å². The van der Waals surface area contributed by atoms with Gasteiger partial charge in [-0.1, -0.05) is 25.9 Å². The van der Waals surface area contributed by atoms with Gasteiger partial charge in [0.1, 0.15) is 6.10 Å². The van der Waals surface area contributed by atoms with E-state index in [0.29, 0.717) is 5.76 Å². The van der Waals surface area contributed by atoms with Crippen LogP contribution in [0.2, 0.25) is 0 Å². The number of nitrogens with one attached hydrogen (secondary N) is 1. The molecule has 1 unspecified atom stereocenters. The topological polar surface area (TPSA) is 95.6 Å². The van der Waals surface area contributed by atoms with Gasteiger partial charge in [-0.05, 0) is 5.41 Å². The Kier molecular flexibility index (Phi) is 4.11. The van der Waals surface area contributed by atoms with E-state index in [-0.39, 0.29) is 17.9 Å². The lowest BCUT2D eigenvalue weighted by Crippen LogP contribution is -2.44. The van der Waals surface area contributed by atoms with Crippen molar-refractivity contribution in [3.05, 3.63) is 18.0 Å². The lowest BCUT2D eigenvalue weighted by molar-refractivity contribution is 0.0925. The Morgan fingerprint density at radius 3 is 2.65 bits per heavy atom. The molecule has 6 heteroatoms. The lowest BCUT2D eigenvalue weighted by Gasteiger charge is -2.31. The highest BCUT2D eigenvalue weighted by Crippen LogP contribution is 2.27. The zero-order valence-corrected chi connectivity index (χ0v) is 10.2. The van der Waals surface area contributed by atoms with Gasteiger partial charge in [0, 0.05) is 18.5 Å². The zero-order valence-electron chi connectivity index (χ0n) is 10.2. The third-order valence-corrected chi connectivity index (χ3v) is 2.59. The van der Waals surface area contributed by atoms with E-state index >= 15 is 0 Å². The van der Waals surface area contributed by atoms with Crippen LogP contribution in [0.3, 0.4) is 0 Å². The molecular formula is C11H18N2O4. The predicted molar refractivity (Wildman–Crippen MR) is 60.5 cm³/mol. The van der Waals surface area contributed by atoms with E-state index in [2.05, 4.69) is 10.5 Å². The molecule has 0 bridgehead atoms. The van der Waals surface area contributed by atoms with Crippen molar-refractivity contribution in [2.45, 2.75) is 39.3 Å². The monoisotopic (exact) mass is 242 g/mol. The first-order valence-electron chi connectivity index (χ1n) is 5.39. The fourth-order valence-corrected chi connectivity index (χ4v) is 1.51. The van der Waals surface area contributed by atoms with Crippen LogP contribution in [0.25, 0.3) is 0 Å². The summed E-state index contributed by atoms with van der Waals surface area (Å²) in [6, 6.07) is 1.19. The zero-order chi connectivity index (χ0) is 13.1. The minimum Gasteiger partial charge on any atom is -0.465 e. The molecule has 0 aliphatic carbocycles. The number of aliphatic hydroxyl groups is 1. The van der Waals surface area contributed by atoms with Crippen LogP contribution in [0.5, 0.6) is 0 Å². The second-order valence-corrected chi connectivity index (χ2v) is 5.03. The standard InChI is InChI=1S/C11H18N2O4/c1-11(2,3)9(13-10(15)16)6-7(14)8-4-5-12-17-8/h4-5,7,9,13-14H,6H2,1-3H3,(H,15,16)/t7-,9?/m0/s1. The average molecular weight is 242 g/mol. The molecule has 17 heavy (non-hydrogen) atoms. The van der Waals surface area contributed by atoms with Crippen molar-refractivity contribution >= 4 is 6.09 Å². The largest absolute Gasteiger partial charge is 0.465 e. The molecule has 1 heterocycles. The molecule has 0 spiro atoms. The number of rotatable bonds is 4. The van der Waals surface area contributed by atoms with Gasteiger partial charge in [-0.2, -0.15) is 0 Å². The van der Waals surface area contributed by atoms with Crippen LogP contribution in [0.1, 0.15) is 39.1 Å². The molecule has 1 aromatic heterocycles. The maximum atomic E-state index is 10.7. The number of amides is 1. The van der Waals surface area contributed by atoms with Gasteiger partial charge >= 0.3 is 6.09 Å². The van der Waals surface area contributed by atoms with Crippen molar-refractivity contribution < 1.29 is 19.5 Å². The summed E-state index contributed by atoms with van der Waals surface area (Å²) in [7, 11) is 0. The van der Waals surface area contributed by atoms with Crippen molar-refractivity contribution in [1.82, 2.24) is 10.5 Å². The second kappa shape index (κ2) is 5.18. The van der Waals surface area contributed by atoms with E-state index in [0.717, 1.165) is 0 Å². The fraction of sp³-hybridized carbons (Fsp3) is 0.636. The van der Waals surface area contributed by atoms with Crippen molar-refractivity contribution in [3.63, 3.8) is 0 Å². The number of hydrogen-bond acceptors (Lipinski definition) is 4. The van der Waals surface area contributed by atoms with Crippen molar-refractivity contribution in [3.8, 4) is 0 Å². The summed E-state index contributed by atoms with van der Waals surface area (Å²) < 4.78 is 4.84. The Hall–Kier alpha value is -1.56. The highest BCUT2D eigenvalue weighted by molar-refractivity contribution is 5.65. The average Bonchev–Trinajstić information content (AvgIpc) is 2.66. The molecule has 0 aliphatic rings. The number of nitrogens with zero attached hydrogens (tertiary/aromatic N) is 1. The molecular weight excluding hydrogens is 224 g/mol. The Bertz CT molecular complexity index is 356. The highest BCUT2D eigenvalue weighted by Gasteiger charge is 2.29. The van der Waals surface area contributed by atoms with Crippen molar-refractivity contribution in [2.24, 2.45) is 5.41 Å². The molecule has 0 saturated heterocycles. The number of carboxylic acid groups (broad SMARTS) is 1. The highest BCUT2D eigenvalue weighted by atomic mass is 16.5. The second-order valence-electron chi connectivity index (χ2n) is 5.03. The Balaban J connectivity index is 2.69. The molecule has 1 amide bonds. The Morgan fingerprint density at radius 2 is 2.24 bits per heavy atom. The molecule has 1 aromatic rings. The fourth-order valence-electron chi connectivity index (χ4n) is 1.51. The van der Waals surface area contributed by atoms with Gasteiger partial charge in [0.05, 0.1) is 6.20 Å². The normalized spacial score (nSPS) is 15.3. The molecule has 0 saturated carbocycles. The van der Waals surface area contributed by atoms with Crippen LogP contribution >= 0.6 is 0 Å². The minimum absolute atomic E-state index is 0.241. The lowest BCUT2D eigenvalue weighted by atomic mass is 9.83. The minimum atomic E-state index is -1.10. The van der Waals surface area contributed by atoms with Crippen LogP contribution in [-0.4, -0.2) is 27.5 Å². The van der Waals surface area contributed by atoms with Crippen LogP contribution < -0.4 is 5.32 Å². The maximum Gasteiger partial charge on any atom is 0.404 e. The number of carbonyl (C=O) groups is 1. The van der Waals surface area contributed by atoms with Gasteiger partial charge in [0.15, 0.2) is 5.76 Å². The Labute approximate surface area is 99.6 Å². The molecule has 0 aliphatic heterocycles. The summed E-state index contributed by atoms with van der Waals surface area (Å²) in [5, 5.41) is 24.6. The van der Waals surface area contributed by atoms with Gasteiger partial charge in [-0.25, -0.2) is 4.79 Å². The van der Waals surface area contributed by atoms with Gasteiger partial charge in [0.25, 0.3) is 0 Å². The van der Waals surface area contributed by atoms with E-state index in [1.807, 2.05) is 20.8 Å². The van der Waals surface area contributed by atoms with Crippen molar-refractivity contribution in [2.75, 3.05) is 0 Å². The van der Waals surface area contributed by atoms with Crippen LogP contribution in [0, 0.1) is 5.41 Å². The molecule has 6 nitrogen and oxygen atoms in total. The van der Waals surface area contributed by atoms with Gasteiger partial charge in [0.2, 0.25) is 0 Å². The first-order valence-corrected chi connectivity index (χ1v) is 5.39. The summed E-state index contributed by atoms with van der Waals surface area (Å²) >= 11 is 0. The van der Waals surface area contributed by atoms with Crippen LogP contribution in [0.4, 0.5) is 4.79 Å². The van der Waals surface area contributed by atoms with Crippen molar-refractivity contribution in [1.29, 1.82) is 0 Å². The molecule has 96 valence electrons. The molecule has 0 radical (unpaired) electrons.